The SMILES string of the molecule is CC(C)CCCCCOC(=O)CCc1cccc(N2Nc3cccc(O)c3N2C(C)(C)C)c1. The molecule has 0 aromatic heterocycles. The van der Waals surface area contributed by atoms with Crippen LogP contribution >= 0.6 is 0 Å². The number of hydrogen-bond donors (Lipinski definition) is 2. The van der Waals surface area contributed by atoms with Crippen LogP contribution in [0, 0.1) is 5.92 Å². The Balaban J connectivity index is 1.58. The molecule has 0 atom stereocenters. The van der Waals surface area contributed by atoms with Crippen molar-refractivity contribution in [2.75, 3.05) is 22.2 Å². The average Bonchev–Trinajstić information content (AvgIpc) is 3.16. The van der Waals surface area contributed by atoms with Crippen LogP contribution in [0.25, 0.3) is 0 Å². The smallest absolute Gasteiger partial charge is 0.306 e. The lowest BCUT2D eigenvalue weighted by molar-refractivity contribution is -0.143. The molecule has 3 rings (SSSR count). The maximum Gasteiger partial charge on any atom is 0.306 e. The predicted octanol–water partition coefficient (Wildman–Crippen LogP) is 6.45. The van der Waals surface area contributed by atoms with E-state index in [1.54, 1.807) is 6.07 Å². The number of hydrazine groups is 2. The van der Waals surface area contributed by atoms with E-state index >= 15 is 0 Å². The molecule has 0 aliphatic carbocycles. The van der Waals surface area contributed by atoms with Crippen LogP contribution in [0.15, 0.2) is 42.5 Å². The number of phenols is 1. The number of ether oxygens (including phenoxy) is 1. The molecule has 0 unspecified atom stereocenters. The third kappa shape index (κ3) is 6.56. The van der Waals surface area contributed by atoms with Gasteiger partial charge < -0.3 is 9.84 Å². The Bertz CT molecular complexity index is 936. The lowest BCUT2D eigenvalue weighted by Crippen LogP contribution is -2.52. The summed E-state index contributed by atoms with van der Waals surface area (Å²) in [6, 6.07) is 13.6. The second-order valence-electron chi connectivity index (χ2n) is 10.2. The monoisotopic (exact) mass is 453 g/mol. The van der Waals surface area contributed by atoms with Gasteiger partial charge in [0.25, 0.3) is 0 Å². The minimum Gasteiger partial charge on any atom is -0.506 e. The highest BCUT2D eigenvalue weighted by Crippen LogP contribution is 2.45. The fourth-order valence-electron chi connectivity index (χ4n) is 4.10. The van der Waals surface area contributed by atoms with Crippen molar-refractivity contribution in [3.8, 4) is 5.75 Å². The topological polar surface area (TPSA) is 65.0 Å². The van der Waals surface area contributed by atoms with Crippen LogP contribution in [0.4, 0.5) is 17.1 Å². The molecular formula is C27H39N3O3. The van der Waals surface area contributed by atoms with Crippen LogP contribution in [0.5, 0.6) is 5.75 Å². The van der Waals surface area contributed by atoms with Crippen LogP contribution in [-0.2, 0) is 16.0 Å². The third-order valence-electron chi connectivity index (χ3n) is 5.75. The number of phenolic OH excluding ortho intramolecular Hbond substituents is 1. The zero-order valence-corrected chi connectivity index (χ0v) is 20.7. The molecule has 1 aliphatic rings. The quantitative estimate of drug-likeness (QED) is 0.318. The number of aryl methyl sites for hydroxylation is 1. The van der Waals surface area contributed by atoms with Crippen molar-refractivity contribution < 1.29 is 14.6 Å². The van der Waals surface area contributed by atoms with Gasteiger partial charge in [-0.15, -0.1) is 0 Å². The molecule has 2 N–H and O–H groups in total. The van der Waals surface area contributed by atoms with Crippen molar-refractivity contribution in [3.05, 3.63) is 48.0 Å². The van der Waals surface area contributed by atoms with Gasteiger partial charge in [-0.2, -0.15) is 5.12 Å². The molecule has 0 fully saturated rings. The first-order valence-electron chi connectivity index (χ1n) is 12.1. The first kappa shape index (κ1) is 24.7. The lowest BCUT2D eigenvalue weighted by Gasteiger charge is -2.40. The summed E-state index contributed by atoms with van der Waals surface area (Å²) >= 11 is 0. The number of carbonyl (C=O) groups excluding carboxylic acids is 1. The summed E-state index contributed by atoms with van der Waals surface area (Å²) in [4.78, 5) is 12.2. The summed E-state index contributed by atoms with van der Waals surface area (Å²) in [6.07, 6.45) is 5.46. The van der Waals surface area contributed by atoms with Gasteiger partial charge in [0.1, 0.15) is 11.4 Å². The largest absolute Gasteiger partial charge is 0.506 e. The summed E-state index contributed by atoms with van der Waals surface area (Å²) in [5.74, 6) is 0.826. The summed E-state index contributed by atoms with van der Waals surface area (Å²) in [5.41, 5.74) is 6.75. The molecular weight excluding hydrogens is 414 g/mol. The average molecular weight is 454 g/mol. The van der Waals surface area contributed by atoms with Crippen LogP contribution in [-0.4, -0.2) is 23.2 Å². The third-order valence-corrected chi connectivity index (χ3v) is 5.75. The van der Waals surface area contributed by atoms with Crippen LogP contribution < -0.4 is 15.6 Å². The number of aromatic hydroxyl groups is 1. The zero-order chi connectivity index (χ0) is 24.0. The molecule has 0 radical (unpaired) electrons. The van der Waals surface area contributed by atoms with Crippen molar-refractivity contribution in [1.29, 1.82) is 0 Å². The molecule has 0 saturated carbocycles. The summed E-state index contributed by atoms with van der Waals surface area (Å²) in [5, 5.41) is 14.5. The maximum absolute atomic E-state index is 12.2. The van der Waals surface area contributed by atoms with E-state index in [4.69, 9.17) is 4.74 Å². The Hall–Kier alpha value is -2.89. The molecule has 2 aromatic carbocycles. The van der Waals surface area contributed by atoms with Crippen LogP contribution in [0.2, 0.25) is 0 Å². The highest BCUT2D eigenvalue weighted by atomic mass is 16.5. The maximum atomic E-state index is 12.2. The van der Waals surface area contributed by atoms with Gasteiger partial charge in [-0.25, -0.2) is 0 Å². The Morgan fingerprint density at radius 3 is 2.58 bits per heavy atom. The van der Waals surface area contributed by atoms with Gasteiger partial charge >= 0.3 is 5.97 Å². The van der Waals surface area contributed by atoms with Gasteiger partial charge in [0.2, 0.25) is 0 Å². The van der Waals surface area contributed by atoms with Crippen molar-refractivity contribution in [1.82, 2.24) is 0 Å². The van der Waals surface area contributed by atoms with Gasteiger partial charge in [-0.1, -0.05) is 51.3 Å². The molecule has 0 spiro atoms. The Morgan fingerprint density at radius 2 is 1.85 bits per heavy atom. The second-order valence-corrected chi connectivity index (χ2v) is 10.2. The summed E-state index contributed by atoms with van der Waals surface area (Å²) in [7, 11) is 0. The zero-order valence-electron chi connectivity index (χ0n) is 20.7. The van der Waals surface area contributed by atoms with Crippen LogP contribution in [0.3, 0.4) is 0 Å². The first-order valence-corrected chi connectivity index (χ1v) is 12.1. The van der Waals surface area contributed by atoms with E-state index in [-0.39, 0.29) is 17.3 Å². The van der Waals surface area contributed by atoms with E-state index in [9.17, 15) is 9.90 Å². The number of benzene rings is 2. The van der Waals surface area contributed by atoms with E-state index in [2.05, 4.69) is 51.1 Å². The number of para-hydroxylation sites is 1. The molecule has 0 bridgehead atoms. The van der Waals surface area contributed by atoms with Gasteiger partial charge in [0.15, 0.2) is 0 Å². The lowest BCUT2D eigenvalue weighted by atomic mass is 10.1. The number of nitrogens with one attached hydrogen (secondary N) is 1. The molecule has 1 heterocycles. The van der Waals surface area contributed by atoms with Gasteiger partial charge in [-0.05, 0) is 69.4 Å². The normalized spacial score (nSPS) is 13.3. The van der Waals surface area contributed by atoms with E-state index in [1.807, 2.05) is 35.4 Å². The molecule has 0 amide bonds. The van der Waals surface area contributed by atoms with E-state index < -0.39 is 0 Å². The number of nitrogens with zero attached hydrogens (tertiary/aromatic N) is 2. The Morgan fingerprint density at radius 1 is 1.09 bits per heavy atom. The van der Waals surface area contributed by atoms with Crippen molar-refractivity contribution >= 4 is 23.0 Å². The molecule has 33 heavy (non-hydrogen) atoms. The fourth-order valence-corrected chi connectivity index (χ4v) is 4.10. The first-order chi connectivity index (χ1) is 15.7. The van der Waals surface area contributed by atoms with Crippen molar-refractivity contribution in [2.45, 2.75) is 78.7 Å². The molecule has 180 valence electrons. The fraction of sp³-hybridized carbons (Fsp3) is 0.519. The highest BCUT2D eigenvalue weighted by molar-refractivity contribution is 5.86. The standard InChI is InChI=1S/C27H39N3O3/c1-20(2)11-7-6-8-18-33-25(32)17-16-21-12-9-13-22(19-21)30-28-23-14-10-15-24(31)26(23)29(30)27(3,4)5/h9-10,12-15,19-20,28,31H,6-8,11,16-18H2,1-5H3. The number of hydrogen-bond acceptors (Lipinski definition) is 6. The van der Waals surface area contributed by atoms with Gasteiger partial charge in [0.05, 0.1) is 23.5 Å². The van der Waals surface area contributed by atoms with Gasteiger partial charge in [0, 0.05) is 6.42 Å². The summed E-state index contributed by atoms with van der Waals surface area (Å²) < 4.78 is 5.42. The van der Waals surface area contributed by atoms with Crippen molar-refractivity contribution in [3.63, 3.8) is 0 Å². The Labute approximate surface area is 198 Å². The van der Waals surface area contributed by atoms with Crippen LogP contribution in [0.1, 0.15) is 72.3 Å². The second kappa shape index (κ2) is 10.8. The number of carbonyl (C=O) groups is 1. The van der Waals surface area contributed by atoms with E-state index in [0.29, 0.717) is 19.4 Å². The number of unbranched alkanes of at least 4 members (excludes halogenated alkanes) is 2. The highest BCUT2D eigenvalue weighted by Gasteiger charge is 2.37. The number of anilines is 3. The number of esters is 1. The van der Waals surface area contributed by atoms with Gasteiger partial charge in [-0.3, -0.25) is 15.2 Å². The molecule has 6 nitrogen and oxygen atoms in total. The number of rotatable bonds is 10. The molecule has 0 saturated heterocycles. The minimum absolute atomic E-state index is 0.141. The van der Waals surface area contributed by atoms with E-state index in [1.165, 1.54) is 12.8 Å². The molecule has 6 heteroatoms. The molecule has 2 aromatic rings. The number of fused-ring (bicyclic) bond motifs is 1. The summed E-state index contributed by atoms with van der Waals surface area (Å²) in [6.45, 7) is 11.3. The Kier molecular flexibility index (Phi) is 8.11. The minimum atomic E-state index is -0.272. The van der Waals surface area contributed by atoms with Crippen molar-refractivity contribution in [2.24, 2.45) is 5.92 Å². The van der Waals surface area contributed by atoms with E-state index in [0.717, 1.165) is 41.4 Å². The predicted molar refractivity (Wildman–Crippen MR) is 135 cm³/mol. The molecule has 1 aliphatic heterocycles.